The molecule has 2 N–H and O–H groups in total. The molecule has 0 radical (unpaired) electrons. The van der Waals surface area contributed by atoms with E-state index in [0.29, 0.717) is 11.1 Å². The van der Waals surface area contributed by atoms with Gasteiger partial charge in [0, 0.05) is 0 Å². The van der Waals surface area contributed by atoms with Gasteiger partial charge in [-0.2, -0.15) is 0 Å². The van der Waals surface area contributed by atoms with Crippen molar-refractivity contribution in [3.05, 3.63) is 59.7 Å². The van der Waals surface area contributed by atoms with Gasteiger partial charge in [0.05, 0.1) is 0 Å². The molecule has 0 aliphatic rings. The first-order valence-corrected chi connectivity index (χ1v) is 5.38. The molecule has 0 aliphatic heterocycles. The minimum absolute atomic E-state index is 0.346. The third kappa shape index (κ3) is 2.45. The summed E-state index contributed by atoms with van der Waals surface area (Å²) >= 11 is 0. The van der Waals surface area contributed by atoms with Crippen LogP contribution < -0.4 is 0 Å². The van der Waals surface area contributed by atoms with Gasteiger partial charge in [-0.1, -0.05) is 48.6 Å². The fourth-order valence-corrected chi connectivity index (χ4v) is 1.70. The molecule has 0 saturated heterocycles. The lowest BCUT2D eigenvalue weighted by molar-refractivity contribution is -0.155. The lowest BCUT2D eigenvalue weighted by Crippen LogP contribution is -2.37. The van der Waals surface area contributed by atoms with Gasteiger partial charge < -0.3 is 10.2 Å². The van der Waals surface area contributed by atoms with Crippen LogP contribution in [-0.2, 0) is 10.4 Å². The van der Waals surface area contributed by atoms with Crippen molar-refractivity contribution in [3.8, 4) is 0 Å². The van der Waals surface area contributed by atoms with E-state index in [1.54, 1.807) is 62.4 Å². The van der Waals surface area contributed by atoms with E-state index in [-0.39, 0.29) is 0 Å². The van der Waals surface area contributed by atoms with Crippen molar-refractivity contribution < 1.29 is 15.0 Å². The normalized spacial score (nSPS) is 15.8. The topological polar surface area (TPSA) is 57.5 Å². The number of allylic oxidation sites excluding steroid dienone is 2. The highest BCUT2D eigenvalue weighted by Crippen LogP contribution is 2.30. The van der Waals surface area contributed by atoms with Gasteiger partial charge >= 0.3 is 5.97 Å². The minimum Gasteiger partial charge on any atom is -0.479 e. The molecule has 1 atom stereocenters. The standard InChI is InChI=1S/C14H16O3/c1-3-8-11(4-2)14(17,13(15)16)12-9-6-5-7-10-12/h3-10,17H,1-2H3,(H,15,16)/b8-3-,11-4+. The van der Waals surface area contributed by atoms with E-state index in [1.807, 2.05) is 0 Å². The van der Waals surface area contributed by atoms with Crippen LogP contribution >= 0.6 is 0 Å². The van der Waals surface area contributed by atoms with Crippen molar-refractivity contribution in [1.29, 1.82) is 0 Å². The van der Waals surface area contributed by atoms with Crippen LogP contribution in [0.4, 0.5) is 0 Å². The summed E-state index contributed by atoms with van der Waals surface area (Å²) in [6, 6.07) is 8.37. The Bertz CT molecular complexity index is 446. The monoisotopic (exact) mass is 232 g/mol. The second-order valence-electron chi connectivity index (χ2n) is 3.63. The Morgan fingerprint density at radius 2 is 1.82 bits per heavy atom. The fraction of sp³-hybridized carbons (Fsp3) is 0.214. The number of carbonyl (C=O) groups is 1. The summed E-state index contributed by atoms with van der Waals surface area (Å²) in [5, 5.41) is 19.7. The Morgan fingerprint density at radius 3 is 2.24 bits per heavy atom. The average molecular weight is 232 g/mol. The highest BCUT2D eigenvalue weighted by atomic mass is 16.4. The van der Waals surface area contributed by atoms with Gasteiger partial charge in [0.2, 0.25) is 5.60 Å². The molecular weight excluding hydrogens is 216 g/mol. The molecule has 90 valence electrons. The highest BCUT2D eigenvalue weighted by molar-refractivity contribution is 5.84. The first kappa shape index (κ1) is 13.2. The van der Waals surface area contributed by atoms with Crippen LogP contribution in [0.3, 0.4) is 0 Å². The van der Waals surface area contributed by atoms with Crippen LogP contribution in [0.15, 0.2) is 54.1 Å². The average Bonchev–Trinajstić information content (AvgIpc) is 2.35. The van der Waals surface area contributed by atoms with Crippen molar-refractivity contribution >= 4 is 5.97 Å². The van der Waals surface area contributed by atoms with E-state index in [2.05, 4.69) is 0 Å². The number of aliphatic hydroxyl groups is 1. The number of hydrogen-bond donors (Lipinski definition) is 2. The van der Waals surface area contributed by atoms with E-state index in [1.165, 1.54) is 0 Å². The van der Waals surface area contributed by atoms with Crippen LogP contribution in [0.25, 0.3) is 0 Å². The van der Waals surface area contributed by atoms with Crippen LogP contribution in [0, 0.1) is 0 Å². The molecule has 0 saturated carbocycles. The summed E-state index contributed by atoms with van der Waals surface area (Å²) in [6.07, 6.45) is 4.90. The summed E-state index contributed by atoms with van der Waals surface area (Å²) in [5.74, 6) is -1.28. The van der Waals surface area contributed by atoms with Crippen molar-refractivity contribution in [1.82, 2.24) is 0 Å². The smallest absolute Gasteiger partial charge is 0.345 e. The van der Waals surface area contributed by atoms with Gasteiger partial charge in [-0.3, -0.25) is 0 Å². The number of aliphatic carboxylic acids is 1. The lowest BCUT2D eigenvalue weighted by Gasteiger charge is -2.25. The lowest BCUT2D eigenvalue weighted by atomic mass is 9.85. The molecule has 0 aromatic heterocycles. The van der Waals surface area contributed by atoms with Crippen LogP contribution in [0.5, 0.6) is 0 Å². The van der Waals surface area contributed by atoms with Gasteiger partial charge in [-0.05, 0) is 25.0 Å². The van der Waals surface area contributed by atoms with Crippen molar-refractivity contribution in [2.24, 2.45) is 0 Å². The van der Waals surface area contributed by atoms with Gasteiger partial charge in [0.15, 0.2) is 0 Å². The number of rotatable bonds is 4. The summed E-state index contributed by atoms with van der Waals surface area (Å²) in [6.45, 7) is 3.48. The molecule has 3 heteroatoms. The van der Waals surface area contributed by atoms with E-state index >= 15 is 0 Å². The maximum absolute atomic E-state index is 11.4. The first-order valence-electron chi connectivity index (χ1n) is 5.38. The Labute approximate surface area is 101 Å². The minimum atomic E-state index is -2.00. The molecule has 0 heterocycles. The van der Waals surface area contributed by atoms with Crippen molar-refractivity contribution in [2.45, 2.75) is 19.4 Å². The van der Waals surface area contributed by atoms with E-state index < -0.39 is 11.6 Å². The van der Waals surface area contributed by atoms with Gasteiger partial charge in [0.25, 0.3) is 0 Å². The largest absolute Gasteiger partial charge is 0.479 e. The Kier molecular flexibility index (Phi) is 4.24. The molecule has 17 heavy (non-hydrogen) atoms. The molecule has 3 nitrogen and oxygen atoms in total. The van der Waals surface area contributed by atoms with Crippen LogP contribution in [0.2, 0.25) is 0 Å². The third-order valence-corrected chi connectivity index (χ3v) is 2.58. The molecule has 1 aromatic rings. The predicted molar refractivity (Wildman–Crippen MR) is 66.5 cm³/mol. The van der Waals surface area contributed by atoms with Crippen molar-refractivity contribution in [2.75, 3.05) is 0 Å². The van der Waals surface area contributed by atoms with E-state index in [4.69, 9.17) is 0 Å². The van der Waals surface area contributed by atoms with Gasteiger partial charge in [-0.25, -0.2) is 4.79 Å². The zero-order valence-electron chi connectivity index (χ0n) is 9.92. The zero-order chi connectivity index (χ0) is 12.9. The molecule has 0 aliphatic carbocycles. The zero-order valence-corrected chi connectivity index (χ0v) is 9.92. The molecule has 0 fully saturated rings. The summed E-state index contributed by atoms with van der Waals surface area (Å²) in [4.78, 5) is 11.4. The van der Waals surface area contributed by atoms with Crippen LogP contribution in [-0.4, -0.2) is 16.2 Å². The van der Waals surface area contributed by atoms with Gasteiger partial charge in [-0.15, -0.1) is 0 Å². The number of benzene rings is 1. The second kappa shape index (κ2) is 5.46. The molecule has 0 amide bonds. The third-order valence-electron chi connectivity index (χ3n) is 2.58. The second-order valence-corrected chi connectivity index (χ2v) is 3.63. The molecule has 1 rings (SSSR count). The Hall–Kier alpha value is -1.87. The Morgan fingerprint density at radius 1 is 1.24 bits per heavy atom. The molecule has 0 spiro atoms. The Balaban J connectivity index is 3.38. The van der Waals surface area contributed by atoms with Crippen molar-refractivity contribution in [3.63, 3.8) is 0 Å². The predicted octanol–water partition coefficient (Wildman–Crippen LogP) is 2.48. The maximum Gasteiger partial charge on any atom is 0.345 e. The van der Waals surface area contributed by atoms with Crippen LogP contribution in [0.1, 0.15) is 19.4 Å². The number of carboxylic acid groups (broad SMARTS) is 1. The highest BCUT2D eigenvalue weighted by Gasteiger charge is 2.40. The molecule has 1 aromatic carbocycles. The SMILES string of the molecule is C/C=C\C(=C/C)C(O)(C(=O)O)c1ccccc1. The fourth-order valence-electron chi connectivity index (χ4n) is 1.70. The molecular formula is C14H16O3. The number of carboxylic acids is 1. The van der Waals surface area contributed by atoms with E-state index in [9.17, 15) is 15.0 Å². The van der Waals surface area contributed by atoms with E-state index in [0.717, 1.165) is 0 Å². The summed E-state index contributed by atoms with van der Waals surface area (Å²) in [5.41, 5.74) is -1.31. The summed E-state index contributed by atoms with van der Waals surface area (Å²) in [7, 11) is 0. The molecule has 0 bridgehead atoms. The first-order chi connectivity index (χ1) is 8.07. The van der Waals surface area contributed by atoms with Gasteiger partial charge in [0.1, 0.15) is 0 Å². The number of hydrogen-bond acceptors (Lipinski definition) is 2. The maximum atomic E-state index is 11.4. The summed E-state index contributed by atoms with van der Waals surface area (Å²) < 4.78 is 0. The molecule has 1 unspecified atom stereocenters. The quantitative estimate of drug-likeness (QED) is 0.784.